The van der Waals surface area contributed by atoms with Gasteiger partial charge in [-0.1, -0.05) is 6.92 Å². The molecule has 1 saturated carbocycles. The molecule has 3 heteroatoms. The van der Waals surface area contributed by atoms with E-state index in [1.165, 1.54) is 12.8 Å². The van der Waals surface area contributed by atoms with Crippen LogP contribution in [-0.2, 0) is 6.42 Å². The fourth-order valence-corrected chi connectivity index (χ4v) is 2.28. The number of hydrogen-bond acceptors (Lipinski definition) is 2. The van der Waals surface area contributed by atoms with E-state index in [0.29, 0.717) is 12.0 Å². The second kappa shape index (κ2) is 4.21. The zero-order chi connectivity index (χ0) is 11.8. The van der Waals surface area contributed by atoms with E-state index in [4.69, 9.17) is 0 Å². The predicted molar refractivity (Wildman–Crippen MR) is 64.2 cm³/mol. The molecule has 3 nitrogen and oxygen atoms in total. The highest BCUT2D eigenvalue weighted by molar-refractivity contribution is 5.06. The molecule has 0 aliphatic heterocycles. The van der Waals surface area contributed by atoms with Crippen LogP contribution < -0.4 is 0 Å². The molecule has 0 amide bonds. The summed E-state index contributed by atoms with van der Waals surface area (Å²) in [6.45, 7) is 6.71. The third-order valence-electron chi connectivity index (χ3n) is 3.70. The molecule has 0 radical (unpaired) electrons. The van der Waals surface area contributed by atoms with Crippen molar-refractivity contribution in [3.63, 3.8) is 0 Å². The highest BCUT2D eigenvalue weighted by Crippen LogP contribution is 2.46. The van der Waals surface area contributed by atoms with Crippen molar-refractivity contribution in [2.75, 3.05) is 6.61 Å². The van der Waals surface area contributed by atoms with E-state index in [2.05, 4.69) is 31.9 Å². The minimum absolute atomic E-state index is 0.0379. The van der Waals surface area contributed by atoms with Gasteiger partial charge in [-0.05, 0) is 50.5 Å². The van der Waals surface area contributed by atoms with Gasteiger partial charge >= 0.3 is 0 Å². The van der Waals surface area contributed by atoms with Crippen LogP contribution in [0.4, 0.5) is 0 Å². The van der Waals surface area contributed by atoms with Crippen LogP contribution in [0, 0.1) is 11.3 Å². The van der Waals surface area contributed by atoms with Gasteiger partial charge in [0, 0.05) is 18.8 Å². The lowest BCUT2D eigenvalue weighted by Crippen LogP contribution is -2.27. The molecule has 1 aromatic heterocycles. The van der Waals surface area contributed by atoms with Crippen molar-refractivity contribution in [1.29, 1.82) is 0 Å². The van der Waals surface area contributed by atoms with Crippen molar-refractivity contribution in [3.05, 3.63) is 18.0 Å². The van der Waals surface area contributed by atoms with Crippen molar-refractivity contribution in [3.8, 4) is 0 Å². The SMILES string of the molecule is CC(C)n1ccc(CC(C)(CO)C2CC2)n1. The molecule has 2 rings (SSSR count). The normalized spacial score (nSPS) is 20.1. The maximum absolute atomic E-state index is 9.54. The van der Waals surface area contributed by atoms with Crippen molar-refractivity contribution >= 4 is 0 Å². The molecule has 1 aliphatic carbocycles. The molecular weight excluding hydrogens is 200 g/mol. The molecule has 0 aromatic carbocycles. The van der Waals surface area contributed by atoms with Crippen molar-refractivity contribution in [1.82, 2.24) is 9.78 Å². The van der Waals surface area contributed by atoms with E-state index in [1.54, 1.807) is 0 Å². The summed E-state index contributed by atoms with van der Waals surface area (Å²) in [6, 6.07) is 2.49. The van der Waals surface area contributed by atoms with Crippen LogP contribution >= 0.6 is 0 Å². The number of aliphatic hydroxyl groups excluding tert-OH is 1. The lowest BCUT2D eigenvalue weighted by atomic mass is 9.81. The Morgan fingerprint density at radius 3 is 2.69 bits per heavy atom. The molecule has 0 saturated heterocycles. The standard InChI is InChI=1S/C13H22N2O/c1-10(2)15-7-6-12(14-15)8-13(3,9-16)11-4-5-11/h6-7,10-11,16H,4-5,8-9H2,1-3H3. The van der Waals surface area contributed by atoms with Gasteiger partial charge in [-0.15, -0.1) is 0 Å². The van der Waals surface area contributed by atoms with Crippen molar-refractivity contribution in [2.24, 2.45) is 11.3 Å². The minimum Gasteiger partial charge on any atom is -0.396 e. The molecule has 90 valence electrons. The first-order valence-electron chi connectivity index (χ1n) is 6.20. The fourth-order valence-electron chi connectivity index (χ4n) is 2.28. The molecule has 0 spiro atoms. The Kier molecular flexibility index (Phi) is 3.06. The van der Waals surface area contributed by atoms with Crippen LogP contribution in [0.15, 0.2) is 12.3 Å². The molecule has 1 unspecified atom stereocenters. The predicted octanol–water partition coefficient (Wildman–Crippen LogP) is 2.42. The monoisotopic (exact) mass is 222 g/mol. The van der Waals surface area contributed by atoms with Gasteiger partial charge in [0.2, 0.25) is 0 Å². The van der Waals surface area contributed by atoms with Gasteiger partial charge in [-0.25, -0.2) is 0 Å². The molecule has 1 aromatic rings. The molecule has 1 atom stereocenters. The van der Waals surface area contributed by atoms with Crippen LogP contribution in [0.2, 0.25) is 0 Å². The number of aliphatic hydroxyl groups is 1. The van der Waals surface area contributed by atoms with E-state index >= 15 is 0 Å². The van der Waals surface area contributed by atoms with Crippen molar-refractivity contribution in [2.45, 2.75) is 46.1 Å². The summed E-state index contributed by atoms with van der Waals surface area (Å²) in [5.41, 5.74) is 1.15. The highest BCUT2D eigenvalue weighted by Gasteiger charge is 2.41. The summed E-state index contributed by atoms with van der Waals surface area (Å²) in [6.07, 6.45) is 5.46. The fraction of sp³-hybridized carbons (Fsp3) is 0.769. The Bertz CT molecular complexity index is 355. The average molecular weight is 222 g/mol. The van der Waals surface area contributed by atoms with Gasteiger partial charge in [-0.3, -0.25) is 4.68 Å². The molecule has 16 heavy (non-hydrogen) atoms. The van der Waals surface area contributed by atoms with Gasteiger partial charge in [-0.2, -0.15) is 5.10 Å². The Hall–Kier alpha value is -0.830. The smallest absolute Gasteiger partial charge is 0.0631 e. The Morgan fingerprint density at radius 1 is 1.56 bits per heavy atom. The Balaban J connectivity index is 2.06. The molecule has 1 heterocycles. The van der Waals surface area contributed by atoms with Gasteiger partial charge in [0.25, 0.3) is 0 Å². The summed E-state index contributed by atoms with van der Waals surface area (Å²) < 4.78 is 1.99. The molecule has 1 aliphatic rings. The van der Waals surface area contributed by atoms with Gasteiger partial charge in [0.1, 0.15) is 0 Å². The van der Waals surface area contributed by atoms with E-state index in [0.717, 1.165) is 12.1 Å². The zero-order valence-corrected chi connectivity index (χ0v) is 10.5. The Morgan fingerprint density at radius 2 is 2.25 bits per heavy atom. The van der Waals surface area contributed by atoms with Crippen molar-refractivity contribution < 1.29 is 5.11 Å². The third-order valence-corrected chi connectivity index (χ3v) is 3.70. The van der Waals surface area contributed by atoms with Crippen LogP contribution in [-0.4, -0.2) is 21.5 Å². The summed E-state index contributed by atoms with van der Waals surface area (Å²) in [4.78, 5) is 0. The van der Waals surface area contributed by atoms with E-state index in [1.807, 2.05) is 10.9 Å². The summed E-state index contributed by atoms with van der Waals surface area (Å²) in [5.74, 6) is 0.696. The second-order valence-corrected chi connectivity index (χ2v) is 5.64. The average Bonchev–Trinajstić information content (AvgIpc) is 3.00. The van der Waals surface area contributed by atoms with E-state index < -0.39 is 0 Å². The van der Waals surface area contributed by atoms with E-state index in [-0.39, 0.29) is 12.0 Å². The summed E-state index contributed by atoms with van der Waals surface area (Å²) in [7, 11) is 0. The second-order valence-electron chi connectivity index (χ2n) is 5.64. The van der Waals surface area contributed by atoms with Crippen LogP contribution in [0.3, 0.4) is 0 Å². The molecule has 1 fully saturated rings. The molecule has 1 N–H and O–H groups in total. The topological polar surface area (TPSA) is 38.0 Å². The number of nitrogens with zero attached hydrogens (tertiary/aromatic N) is 2. The first-order valence-corrected chi connectivity index (χ1v) is 6.20. The van der Waals surface area contributed by atoms with Gasteiger partial charge < -0.3 is 5.11 Å². The lowest BCUT2D eigenvalue weighted by Gasteiger charge is -2.26. The van der Waals surface area contributed by atoms with Crippen LogP contribution in [0.5, 0.6) is 0 Å². The number of rotatable bonds is 5. The summed E-state index contributed by atoms with van der Waals surface area (Å²) >= 11 is 0. The van der Waals surface area contributed by atoms with Gasteiger partial charge in [0.05, 0.1) is 5.69 Å². The lowest BCUT2D eigenvalue weighted by molar-refractivity contribution is 0.118. The quantitative estimate of drug-likeness (QED) is 0.831. The maximum Gasteiger partial charge on any atom is 0.0631 e. The first-order chi connectivity index (χ1) is 7.55. The van der Waals surface area contributed by atoms with Crippen LogP contribution in [0.1, 0.15) is 45.3 Å². The third kappa shape index (κ3) is 2.29. The number of aromatic nitrogens is 2. The zero-order valence-electron chi connectivity index (χ0n) is 10.5. The molecular formula is C13H22N2O. The highest BCUT2D eigenvalue weighted by atomic mass is 16.3. The van der Waals surface area contributed by atoms with Gasteiger partial charge in [0.15, 0.2) is 0 Å². The Labute approximate surface area is 97.5 Å². The minimum atomic E-state index is 0.0379. The van der Waals surface area contributed by atoms with E-state index in [9.17, 15) is 5.11 Å². The number of hydrogen-bond donors (Lipinski definition) is 1. The van der Waals surface area contributed by atoms with Crippen LogP contribution in [0.25, 0.3) is 0 Å². The first kappa shape index (κ1) is 11.6. The summed E-state index contributed by atoms with van der Waals surface area (Å²) in [5, 5.41) is 14.1. The molecule has 0 bridgehead atoms. The maximum atomic E-state index is 9.54. The largest absolute Gasteiger partial charge is 0.396 e.